The summed E-state index contributed by atoms with van der Waals surface area (Å²) in [4.78, 5) is 11.8. The first-order chi connectivity index (χ1) is 14.5. The molecule has 0 fully saturated rings. The summed E-state index contributed by atoms with van der Waals surface area (Å²) in [5, 5.41) is 0. The van der Waals surface area contributed by atoms with Gasteiger partial charge in [0.15, 0.2) is 0 Å². The average Bonchev–Trinajstić information content (AvgIpc) is 2.72. The Bertz CT molecular complexity index is 1210. The summed E-state index contributed by atoms with van der Waals surface area (Å²) in [5.41, 5.74) is 3.08. The van der Waals surface area contributed by atoms with E-state index in [1.165, 1.54) is 24.3 Å². The van der Waals surface area contributed by atoms with Crippen molar-refractivity contribution in [3.8, 4) is 0 Å². The first-order valence-corrected chi connectivity index (χ1v) is 12.4. The van der Waals surface area contributed by atoms with Gasteiger partial charge in [0.2, 0.25) is 0 Å². The quantitative estimate of drug-likeness (QED) is 0.488. The number of hydrogen-bond acceptors (Lipinski definition) is 6. The molecule has 1 unspecified atom stereocenters. The summed E-state index contributed by atoms with van der Waals surface area (Å²) in [6.07, 6.45) is 1.42. The van der Waals surface area contributed by atoms with Gasteiger partial charge in [-0.15, -0.1) is 0 Å². The van der Waals surface area contributed by atoms with Crippen LogP contribution in [-0.4, -0.2) is 38.5 Å². The molecule has 0 spiro atoms. The molecule has 0 heterocycles. The predicted octanol–water partition coefficient (Wildman–Crippen LogP) is 3.45. The Kier molecular flexibility index (Phi) is 6.65. The maximum atomic E-state index is 12.3. The maximum Gasteiger partial charge on any atom is 0.309 e. The highest BCUT2D eigenvalue weighted by atomic mass is 32.2. The molecule has 0 aliphatic heterocycles. The summed E-state index contributed by atoms with van der Waals surface area (Å²) in [5.74, 6) is -0.674. The highest BCUT2D eigenvalue weighted by Gasteiger charge is 2.29. The van der Waals surface area contributed by atoms with Crippen molar-refractivity contribution in [3.63, 3.8) is 0 Å². The van der Waals surface area contributed by atoms with E-state index in [0.29, 0.717) is 24.8 Å². The lowest BCUT2D eigenvalue weighted by molar-refractivity contribution is -0.148. The number of carbonyl (C=O) groups excluding carboxylic acids is 1. The van der Waals surface area contributed by atoms with Gasteiger partial charge in [-0.2, -0.15) is 16.8 Å². The van der Waals surface area contributed by atoms with E-state index in [0.717, 1.165) is 16.7 Å². The summed E-state index contributed by atoms with van der Waals surface area (Å²) in [6.45, 7) is 2.00. The van der Waals surface area contributed by atoms with E-state index in [2.05, 4.69) is 0 Å². The molecule has 31 heavy (non-hydrogen) atoms. The van der Waals surface area contributed by atoms with Gasteiger partial charge in [0.05, 0.1) is 22.3 Å². The molecule has 0 bridgehead atoms. The Balaban J connectivity index is 2.07. The zero-order valence-corrected chi connectivity index (χ0v) is 18.3. The van der Waals surface area contributed by atoms with Crippen LogP contribution in [0.5, 0.6) is 0 Å². The van der Waals surface area contributed by atoms with E-state index in [1.807, 2.05) is 0 Å². The van der Waals surface area contributed by atoms with Crippen LogP contribution >= 0.6 is 0 Å². The first kappa shape index (κ1) is 23.1. The monoisotopic (exact) mass is 466 g/mol. The lowest BCUT2D eigenvalue weighted by atomic mass is 9.78. The van der Waals surface area contributed by atoms with Crippen molar-refractivity contribution in [2.24, 2.45) is 5.92 Å². The fourth-order valence-corrected chi connectivity index (χ4v) is 4.63. The van der Waals surface area contributed by atoms with Gasteiger partial charge in [0.1, 0.15) is 0 Å². The van der Waals surface area contributed by atoms with Crippen LogP contribution in [0.1, 0.15) is 37.3 Å². The molecular formula is C21H22O8S2. The van der Waals surface area contributed by atoms with Crippen LogP contribution in [0, 0.1) is 5.92 Å². The largest absolute Gasteiger partial charge is 0.466 e. The highest BCUT2D eigenvalue weighted by Crippen LogP contribution is 2.41. The van der Waals surface area contributed by atoms with Crippen molar-refractivity contribution in [2.75, 3.05) is 6.61 Å². The Labute approximate surface area is 181 Å². The minimum absolute atomic E-state index is 0.226. The number of allylic oxidation sites excluding steroid dienone is 2. The van der Waals surface area contributed by atoms with Crippen molar-refractivity contribution in [1.29, 1.82) is 0 Å². The number of carbonyl (C=O) groups is 1. The second kappa shape index (κ2) is 8.91. The fraction of sp³-hybridized carbons (Fsp3) is 0.286. The molecule has 0 saturated heterocycles. The van der Waals surface area contributed by atoms with Crippen molar-refractivity contribution in [1.82, 2.24) is 0 Å². The predicted molar refractivity (Wildman–Crippen MR) is 113 cm³/mol. The maximum absolute atomic E-state index is 12.3. The molecule has 1 aliphatic carbocycles. The number of esters is 1. The molecule has 8 nitrogen and oxygen atoms in total. The number of rotatable bonds is 6. The molecule has 0 radical (unpaired) electrons. The van der Waals surface area contributed by atoms with E-state index in [9.17, 15) is 30.7 Å². The SMILES string of the molecule is CCOC(=O)C1CCC(c2ccc(S(=O)(=O)O)cc2)=C(c2ccc(S(=O)(=O)O)cc2)C1. The van der Waals surface area contributed by atoms with E-state index in [-0.39, 0.29) is 28.3 Å². The lowest BCUT2D eigenvalue weighted by Crippen LogP contribution is -2.21. The third kappa shape index (κ3) is 5.40. The van der Waals surface area contributed by atoms with E-state index >= 15 is 0 Å². The topological polar surface area (TPSA) is 135 Å². The van der Waals surface area contributed by atoms with E-state index in [4.69, 9.17) is 4.74 Å². The van der Waals surface area contributed by atoms with Crippen LogP contribution in [0.25, 0.3) is 11.1 Å². The van der Waals surface area contributed by atoms with Crippen LogP contribution in [0.2, 0.25) is 0 Å². The standard InChI is InChI=1S/C21H22O8S2/c1-2-29-21(22)16-7-12-19(14-3-8-17(9-4-14)30(23,24)25)20(13-16)15-5-10-18(11-6-15)31(26,27)28/h3-6,8-11,16H,2,7,12-13H2,1H3,(H,23,24,25)(H,26,27,28). The molecule has 0 aromatic heterocycles. The Morgan fingerprint density at radius 2 is 1.32 bits per heavy atom. The van der Waals surface area contributed by atoms with Gasteiger partial charge in [-0.25, -0.2) is 0 Å². The van der Waals surface area contributed by atoms with Crippen LogP contribution in [0.15, 0.2) is 58.3 Å². The first-order valence-electron chi connectivity index (χ1n) is 9.55. The summed E-state index contributed by atoms with van der Waals surface area (Å²) < 4.78 is 68.9. The van der Waals surface area contributed by atoms with Crippen molar-refractivity contribution >= 4 is 37.4 Å². The van der Waals surface area contributed by atoms with Crippen molar-refractivity contribution in [3.05, 3.63) is 59.7 Å². The molecule has 10 heteroatoms. The second-order valence-electron chi connectivity index (χ2n) is 7.15. The third-order valence-corrected chi connectivity index (χ3v) is 6.91. The summed E-state index contributed by atoms with van der Waals surface area (Å²) in [7, 11) is -8.66. The van der Waals surface area contributed by atoms with Gasteiger partial charge in [-0.05, 0) is 72.7 Å². The Morgan fingerprint density at radius 1 is 0.871 bits per heavy atom. The fourth-order valence-electron chi connectivity index (χ4n) is 3.67. The Morgan fingerprint density at radius 3 is 1.74 bits per heavy atom. The molecule has 1 atom stereocenters. The lowest BCUT2D eigenvalue weighted by Gasteiger charge is -2.27. The average molecular weight is 467 g/mol. The van der Waals surface area contributed by atoms with Gasteiger partial charge in [0, 0.05) is 0 Å². The van der Waals surface area contributed by atoms with Gasteiger partial charge in [0.25, 0.3) is 20.2 Å². The van der Waals surface area contributed by atoms with Gasteiger partial charge >= 0.3 is 5.97 Å². The van der Waals surface area contributed by atoms with Gasteiger partial charge < -0.3 is 4.74 Å². The molecule has 166 valence electrons. The summed E-state index contributed by atoms with van der Waals surface area (Å²) >= 11 is 0. The molecule has 1 aliphatic rings. The molecule has 2 aromatic rings. The third-order valence-electron chi connectivity index (χ3n) is 5.18. The number of ether oxygens (including phenoxy) is 1. The van der Waals surface area contributed by atoms with Crippen LogP contribution in [0.3, 0.4) is 0 Å². The normalized spacial score (nSPS) is 17.5. The van der Waals surface area contributed by atoms with E-state index in [1.54, 1.807) is 31.2 Å². The molecule has 2 aromatic carbocycles. The van der Waals surface area contributed by atoms with Crippen LogP contribution in [0.4, 0.5) is 0 Å². The molecular weight excluding hydrogens is 444 g/mol. The molecule has 2 N–H and O–H groups in total. The second-order valence-corrected chi connectivity index (χ2v) is 9.99. The van der Waals surface area contributed by atoms with Crippen molar-refractivity contribution in [2.45, 2.75) is 36.0 Å². The number of hydrogen-bond donors (Lipinski definition) is 2. The molecule has 0 amide bonds. The number of benzene rings is 2. The molecule has 3 rings (SSSR count). The molecule has 0 saturated carbocycles. The van der Waals surface area contributed by atoms with Crippen LogP contribution < -0.4 is 0 Å². The van der Waals surface area contributed by atoms with Gasteiger partial charge in [-0.3, -0.25) is 13.9 Å². The van der Waals surface area contributed by atoms with E-state index < -0.39 is 20.2 Å². The minimum Gasteiger partial charge on any atom is -0.466 e. The highest BCUT2D eigenvalue weighted by molar-refractivity contribution is 7.86. The summed E-state index contributed by atoms with van der Waals surface area (Å²) in [6, 6.07) is 11.4. The van der Waals surface area contributed by atoms with Crippen LogP contribution in [-0.2, 0) is 29.8 Å². The zero-order valence-electron chi connectivity index (χ0n) is 16.7. The Hall–Kier alpha value is -2.53. The zero-order chi connectivity index (χ0) is 22.8. The van der Waals surface area contributed by atoms with Gasteiger partial charge in [-0.1, -0.05) is 24.3 Å². The smallest absolute Gasteiger partial charge is 0.309 e. The van der Waals surface area contributed by atoms with Crippen molar-refractivity contribution < 1.29 is 35.5 Å². The minimum atomic E-state index is -4.34.